The third-order valence-corrected chi connectivity index (χ3v) is 4.16. The van der Waals surface area contributed by atoms with Crippen molar-refractivity contribution >= 4 is 5.78 Å². The molecule has 2 aromatic rings. The zero-order valence-corrected chi connectivity index (χ0v) is 12.0. The molecule has 0 N–H and O–H groups in total. The number of unbranched alkanes of at least 4 members (excludes halogenated alkanes) is 1. The lowest BCUT2D eigenvalue weighted by Gasteiger charge is -2.20. The molecule has 0 heterocycles. The minimum Gasteiger partial charge on any atom is -0.294 e. The molecule has 1 aliphatic rings. The van der Waals surface area contributed by atoms with E-state index in [4.69, 9.17) is 0 Å². The first kappa shape index (κ1) is 13.1. The SMILES string of the molecule is CCCCC(=O)c1ccc2c(c1)CCc1ccccc1-2. The van der Waals surface area contributed by atoms with E-state index in [2.05, 4.69) is 43.3 Å². The van der Waals surface area contributed by atoms with Gasteiger partial charge in [0, 0.05) is 12.0 Å². The van der Waals surface area contributed by atoms with Gasteiger partial charge in [-0.15, -0.1) is 0 Å². The first-order chi connectivity index (χ1) is 9.79. The van der Waals surface area contributed by atoms with Gasteiger partial charge in [0.25, 0.3) is 0 Å². The summed E-state index contributed by atoms with van der Waals surface area (Å²) in [7, 11) is 0. The van der Waals surface area contributed by atoms with Gasteiger partial charge in [-0.3, -0.25) is 4.79 Å². The van der Waals surface area contributed by atoms with Gasteiger partial charge in [0.1, 0.15) is 0 Å². The highest BCUT2D eigenvalue weighted by atomic mass is 16.1. The molecule has 2 aromatic carbocycles. The smallest absolute Gasteiger partial charge is 0.162 e. The molecular weight excluding hydrogens is 244 g/mol. The molecule has 3 rings (SSSR count). The maximum Gasteiger partial charge on any atom is 0.162 e. The molecule has 0 fully saturated rings. The van der Waals surface area contributed by atoms with Crippen molar-refractivity contribution in [3.05, 3.63) is 59.2 Å². The third-order valence-electron chi connectivity index (χ3n) is 4.16. The summed E-state index contributed by atoms with van der Waals surface area (Å²) in [6.07, 6.45) is 4.85. The molecule has 0 atom stereocenters. The van der Waals surface area contributed by atoms with Gasteiger partial charge in [0.2, 0.25) is 0 Å². The van der Waals surface area contributed by atoms with Crippen molar-refractivity contribution in [3.8, 4) is 11.1 Å². The van der Waals surface area contributed by atoms with Crippen LogP contribution in [0.15, 0.2) is 42.5 Å². The normalized spacial score (nSPS) is 12.7. The predicted octanol–water partition coefficient (Wildman–Crippen LogP) is 4.83. The molecule has 1 heteroatoms. The summed E-state index contributed by atoms with van der Waals surface area (Å²) in [5.41, 5.74) is 6.27. The Morgan fingerprint density at radius 3 is 2.60 bits per heavy atom. The quantitative estimate of drug-likeness (QED) is 0.723. The van der Waals surface area contributed by atoms with Gasteiger partial charge in [-0.1, -0.05) is 49.7 Å². The summed E-state index contributed by atoms with van der Waals surface area (Å²) < 4.78 is 0. The van der Waals surface area contributed by atoms with Crippen molar-refractivity contribution in [3.63, 3.8) is 0 Å². The van der Waals surface area contributed by atoms with E-state index in [-0.39, 0.29) is 5.78 Å². The first-order valence-corrected chi connectivity index (χ1v) is 7.54. The minimum atomic E-state index is 0.286. The number of fused-ring (bicyclic) bond motifs is 3. The van der Waals surface area contributed by atoms with E-state index in [9.17, 15) is 4.79 Å². The van der Waals surface area contributed by atoms with Crippen molar-refractivity contribution in [1.29, 1.82) is 0 Å². The van der Waals surface area contributed by atoms with Crippen LogP contribution >= 0.6 is 0 Å². The zero-order chi connectivity index (χ0) is 13.9. The standard InChI is InChI=1S/C19H20O/c1-2-3-8-19(20)16-11-12-18-15(13-16)10-9-14-6-4-5-7-17(14)18/h4-7,11-13H,2-3,8-10H2,1H3. The Morgan fingerprint density at radius 2 is 1.75 bits per heavy atom. The second-order valence-electron chi connectivity index (χ2n) is 5.56. The Kier molecular flexibility index (Phi) is 3.68. The van der Waals surface area contributed by atoms with Crippen molar-refractivity contribution in [2.24, 2.45) is 0 Å². The molecule has 0 unspecified atom stereocenters. The molecule has 1 nitrogen and oxygen atoms in total. The van der Waals surface area contributed by atoms with Crippen molar-refractivity contribution in [1.82, 2.24) is 0 Å². The maximum atomic E-state index is 12.1. The van der Waals surface area contributed by atoms with E-state index >= 15 is 0 Å². The fourth-order valence-corrected chi connectivity index (χ4v) is 2.99. The largest absolute Gasteiger partial charge is 0.294 e. The van der Waals surface area contributed by atoms with Crippen LogP contribution in [-0.2, 0) is 12.8 Å². The van der Waals surface area contributed by atoms with Gasteiger partial charge >= 0.3 is 0 Å². The number of carbonyl (C=O) groups is 1. The molecule has 0 aromatic heterocycles. The molecule has 102 valence electrons. The van der Waals surface area contributed by atoms with Gasteiger partial charge in [-0.25, -0.2) is 0 Å². The summed E-state index contributed by atoms with van der Waals surface area (Å²) in [5, 5.41) is 0. The van der Waals surface area contributed by atoms with Crippen LogP contribution in [0.1, 0.15) is 47.7 Å². The van der Waals surface area contributed by atoms with E-state index in [1.807, 2.05) is 6.07 Å². The number of rotatable bonds is 4. The van der Waals surface area contributed by atoms with Crippen LogP contribution in [0.2, 0.25) is 0 Å². The lowest BCUT2D eigenvalue weighted by molar-refractivity contribution is 0.0979. The molecule has 0 amide bonds. The van der Waals surface area contributed by atoms with Crippen molar-refractivity contribution in [2.45, 2.75) is 39.0 Å². The molecule has 20 heavy (non-hydrogen) atoms. The fourth-order valence-electron chi connectivity index (χ4n) is 2.99. The van der Waals surface area contributed by atoms with Crippen LogP contribution < -0.4 is 0 Å². The summed E-state index contributed by atoms with van der Waals surface area (Å²) in [6, 6.07) is 14.8. The zero-order valence-electron chi connectivity index (χ0n) is 12.0. The monoisotopic (exact) mass is 264 g/mol. The number of Topliss-reactive ketones (excluding diaryl/α,β-unsaturated/α-hetero) is 1. The Balaban J connectivity index is 1.94. The molecule has 0 bridgehead atoms. The molecule has 0 saturated heterocycles. The average molecular weight is 264 g/mol. The summed E-state index contributed by atoms with van der Waals surface area (Å²) in [4.78, 5) is 12.1. The Labute approximate surface area is 120 Å². The van der Waals surface area contributed by atoms with E-state index < -0.39 is 0 Å². The second kappa shape index (κ2) is 5.62. The van der Waals surface area contributed by atoms with Crippen LogP contribution in [0, 0.1) is 0 Å². The lowest BCUT2D eigenvalue weighted by Crippen LogP contribution is -2.06. The van der Waals surface area contributed by atoms with Gasteiger partial charge < -0.3 is 0 Å². The highest BCUT2D eigenvalue weighted by Gasteiger charge is 2.17. The van der Waals surface area contributed by atoms with Crippen LogP contribution in [0.3, 0.4) is 0 Å². The highest BCUT2D eigenvalue weighted by Crippen LogP contribution is 2.33. The van der Waals surface area contributed by atoms with Crippen LogP contribution in [-0.4, -0.2) is 5.78 Å². The van der Waals surface area contributed by atoms with Crippen molar-refractivity contribution in [2.75, 3.05) is 0 Å². The Hall–Kier alpha value is -1.89. The van der Waals surface area contributed by atoms with Gasteiger partial charge in [-0.05, 0) is 47.6 Å². The van der Waals surface area contributed by atoms with Gasteiger partial charge in [0.15, 0.2) is 5.78 Å². The number of ketones is 1. The molecule has 0 saturated carbocycles. The van der Waals surface area contributed by atoms with E-state index in [0.717, 1.165) is 31.2 Å². The molecule has 0 aliphatic heterocycles. The Bertz CT molecular complexity index is 640. The van der Waals surface area contributed by atoms with E-state index in [1.165, 1.54) is 22.3 Å². The maximum absolute atomic E-state index is 12.1. The highest BCUT2D eigenvalue weighted by molar-refractivity contribution is 5.97. The molecule has 0 radical (unpaired) electrons. The number of aryl methyl sites for hydroxylation is 2. The van der Waals surface area contributed by atoms with Gasteiger partial charge in [0.05, 0.1) is 0 Å². The van der Waals surface area contributed by atoms with E-state index in [1.54, 1.807) is 0 Å². The topological polar surface area (TPSA) is 17.1 Å². The summed E-state index contributed by atoms with van der Waals surface area (Å²) >= 11 is 0. The predicted molar refractivity (Wildman–Crippen MR) is 83.1 cm³/mol. The molecule has 0 spiro atoms. The van der Waals surface area contributed by atoms with Gasteiger partial charge in [-0.2, -0.15) is 0 Å². The van der Waals surface area contributed by atoms with Crippen LogP contribution in [0.4, 0.5) is 0 Å². The van der Waals surface area contributed by atoms with Crippen molar-refractivity contribution < 1.29 is 4.79 Å². The summed E-state index contributed by atoms with van der Waals surface area (Å²) in [5.74, 6) is 0.286. The molecular formula is C19H20O. The fraction of sp³-hybridized carbons (Fsp3) is 0.316. The first-order valence-electron chi connectivity index (χ1n) is 7.54. The Morgan fingerprint density at radius 1 is 1.00 bits per heavy atom. The average Bonchev–Trinajstić information content (AvgIpc) is 2.51. The number of hydrogen-bond donors (Lipinski definition) is 0. The minimum absolute atomic E-state index is 0.286. The number of benzene rings is 2. The number of hydrogen-bond acceptors (Lipinski definition) is 1. The van der Waals surface area contributed by atoms with Crippen LogP contribution in [0.5, 0.6) is 0 Å². The van der Waals surface area contributed by atoms with Crippen LogP contribution in [0.25, 0.3) is 11.1 Å². The number of carbonyl (C=O) groups excluding carboxylic acids is 1. The molecule has 1 aliphatic carbocycles. The second-order valence-corrected chi connectivity index (χ2v) is 5.56. The summed E-state index contributed by atoms with van der Waals surface area (Å²) in [6.45, 7) is 2.12. The van der Waals surface area contributed by atoms with E-state index in [0.29, 0.717) is 6.42 Å². The third kappa shape index (κ3) is 2.40. The lowest BCUT2D eigenvalue weighted by atomic mass is 9.84.